The third kappa shape index (κ3) is 5.10. The van der Waals surface area contributed by atoms with Crippen LogP contribution in [0.2, 0.25) is 0 Å². The van der Waals surface area contributed by atoms with Crippen LogP contribution in [0.4, 0.5) is 0 Å². The van der Waals surface area contributed by atoms with Gasteiger partial charge in [-0.1, -0.05) is 0 Å². The van der Waals surface area contributed by atoms with Gasteiger partial charge in [-0.3, -0.25) is 4.79 Å². The minimum atomic E-state index is -0.820. The van der Waals surface area contributed by atoms with Crippen molar-refractivity contribution in [1.82, 2.24) is 5.32 Å². The van der Waals surface area contributed by atoms with Crippen LogP contribution in [0.5, 0.6) is 5.75 Å². The van der Waals surface area contributed by atoms with Crippen molar-refractivity contribution in [3.8, 4) is 5.75 Å². The molecule has 1 atom stereocenters. The van der Waals surface area contributed by atoms with Crippen molar-refractivity contribution in [3.63, 3.8) is 0 Å². The number of carboxylic acids is 1. The van der Waals surface area contributed by atoms with E-state index in [-0.39, 0.29) is 0 Å². The second kappa shape index (κ2) is 7.19. The molecule has 0 aliphatic heterocycles. The molecular weight excluding hydrogens is 238 g/mol. The first kappa shape index (κ1) is 13.9. The van der Waals surface area contributed by atoms with E-state index in [0.29, 0.717) is 6.54 Å². The molecule has 0 fully saturated rings. The SMILES string of the molecule is COc1ccc(SCCN[C@H](C)C(=O)O)cc1. The third-order valence-corrected chi connectivity index (χ3v) is 3.26. The summed E-state index contributed by atoms with van der Waals surface area (Å²) in [5.74, 6) is 0.857. The zero-order chi connectivity index (χ0) is 12.7. The van der Waals surface area contributed by atoms with Crippen molar-refractivity contribution in [1.29, 1.82) is 0 Å². The molecular formula is C12H17NO3S. The lowest BCUT2D eigenvalue weighted by atomic mass is 10.3. The summed E-state index contributed by atoms with van der Waals surface area (Å²) in [5, 5.41) is 11.6. The van der Waals surface area contributed by atoms with E-state index in [1.165, 1.54) is 0 Å². The topological polar surface area (TPSA) is 58.6 Å². The average molecular weight is 255 g/mol. The monoisotopic (exact) mass is 255 g/mol. The highest BCUT2D eigenvalue weighted by molar-refractivity contribution is 7.99. The molecule has 17 heavy (non-hydrogen) atoms. The van der Waals surface area contributed by atoms with Crippen molar-refractivity contribution >= 4 is 17.7 Å². The predicted molar refractivity (Wildman–Crippen MR) is 68.8 cm³/mol. The first-order chi connectivity index (χ1) is 8.13. The Morgan fingerprint density at radius 1 is 1.47 bits per heavy atom. The van der Waals surface area contributed by atoms with Gasteiger partial charge in [0.05, 0.1) is 7.11 Å². The van der Waals surface area contributed by atoms with Gasteiger partial charge in [0.25, 0.3) is 0 Å². The summed E-state index contributed by atoms with van der Waals surface area (Å²) in [6, 6.07) is 7.31. The Morgan fingerprint density at radius 3 is 2.65 bits per heavy atom. The third-order valence-electron chi connectivity index (χ3n) is 2.25. The maximum absolute atomic E-state index is 10.6. The number of nitrogens with one attached hydrogen (secondary N) is 1. The largest absolute Gasteiger partial charge is 0.497 e. The summed E-state index contributed by atoms with van der Waals surface area (Å²) in [5.41, 5.74) is 0. The van der Waals surface area contributed by atoms with E-state index >= 15 is 0 Å². The Kier molecular flexibility index (Phi) is 5.86. The fraction of sp³-hybridized carbons (Fsp3) is 0.417. The summed E-state index contributed by atoms with van der Waals surface area (Å²) in [7, 11) is 1.64. The van der Waals surface area contributed by atoms with Gasteiger partial charge in [0.1, 0.15) is 11.8 Å². The molecule has 0 saturated heterocycles. The fourth-order valence-corrected chi connectivity index (χ4v) is 1.99. The first-order valence-electron chi connectivity index (χ1n) is 5.36. The number of carbonyl (C=O) groups is 1. The molecule has 0 heterocycles. The molecule has 0 aliphatic rings. The quantitative estimate of drug-likeness (QED) is 0.575. The Morgan fingerprint density at radius 2 is 2.12 bits per heavy atom. The second-order valence-corrected chi connectivity index (χ2v) is 4.71. The number of hydrogen-bond donors (Lipinski definition) is 2. The summed E-state index contributed by atoms with van der Waals surface area (Å²) >= 11 is 1.68. The Balaban J connectivity index is 2.24. The lowest BCUT2D eigenvalue weighted by Crippen LogP contribution is -2.35. The zero-order valence-electron chi connectivity index (χ0n) is 9.97. The molecule has 0 amide bonds. The fourth-order valence-electron chi connectivity index (χ4n) is 1.20. The van der Waals surface area contributed by atoms with E-state index in [9.17, 15) is 4.79 Å². The van der Waals surface area contributed by atoms with Crippen molar-refractivity contribution < 1.29 is 14.6 Å². The van der Waals surface area contributed by atoms with Crippen LogP contribution in [0, 0.1) is 0 Å². The van der Waals surface area contributed by atoms with Gasteiger partial charge >= 0.3 is 5.97 Å². The van der Waals surface area contributed by atoms with Gasteiger partial charge in [-0.15, -0.1) is 11.8 Å². The number of rotatable bonds is 7. The predicted octanol–water partition coefficient (Wildman–Crippen LogP) is 1.85. The molecule has 0 aromatic heterocycles. The number of thioether (sulfide) groups is 1. The van der Waals surface area contributed by atoms with E-state index in [1.807, 2.05) is 24.3 Å². The van der Waals surface area contributed by atoms with Crippen LogP contribution in [0.1, 0.15) is 6.92 Å². The number of aliphatic carboxylic acids is 1. The highest BCUT2D eigenvalue weighted by Crippen LogP contribution is 2.20. The van der Waals surface area contributed by atoms with E-state index in [4.69, 9.17) is 9.84 Å². The lowest BCUT2D eigenvalue weighted by molar-refractivity contribution is -0.138. The molecule has 0 unspecified atom stereocenters. The maximum Gasteiger partial charge on any atom is 0.320 e. The lowest BCUT2D eigenvalue weighted by Gasteiger charge is -2.08. The second-order valence-electron chi connectivity index (χ2n) is 3.54. The molecule has 0 bridgehead atoms. The van der Waals surface area contributed by atoms with Crippen LogP contribution in [-0.4, -0.2) is 36.5 Å². The molecule has 0 spiro atoms. The van der Waals surface area contributed by atoms with Crippen LogP contribution in [0.25, 0.3) is 0 Å². The van der Waals surface area contributed by atoms with Gasteiger partial charge in [0, 0.05) is 17.2 Å². The van der Waals surface area contributed by atoms with Crippen molar-refractivity contribution in [3.05, 3.63) is 24.3 Å². The van der Waals surface area contributed by atoms with Crippen LogP contribution < -0.4 is 10.1 Å². The van der Waals surface area contributed by atoms with E-state index in [0.717, 1.165) is 16.4 Å². The molecule has 94 valence electrons. The van der Waals surface area contributed by atoms with E-state index < -0.39 is 12.0 Å². The molecule has 1 rings (SSSR count). The molecule has 0 aliphatic carbocycles. The standard InChI is InChI=1S/C12H17NO3S/c1-9(12(14)15)13-7-8-17-11-5-3-10(16-2)4-6-11/h3-6,9,13H,7-8H2,1-2H3,(H,14,15)/t9-/m1/s1. The van der Waals surface area contributed by atoms with Crippen LogP contribution in [0.3, 0.4) is 0 Å². The molecule has 2 N–H and O–H groups in total. The minimum Gasteiger partial charge on any atom is -0.497 e. The molecule has 4 nitrogen and oxygen atoms in total. The molecule has 1 aromatic carbocycles. The Hall–Kier alpha value is -1.20. The Bertz CT molecular complexity index is 353. The Labute approximate surface area is 105 Å². The summed E-state index contributed by atoms with van der Waals surface area (Å²) < 4.78 is 5.07. The number of methoxy groups -OCH3 is 1. The summed E-state index contributed by atoms with van der Waals surface area (Å²) in [6.45, 7) is 2.31. The smallest absolute Gasteiger partial charge is 0.320 e. The number of hydrogen-bond acceptors (Lipinski definition) is 4. The summed E-state index contributed by atoms with van der Waals surface area (Å²) in [4.78, 5) is 11.7. The molecule has 1 aromatic rings. The van der Waals surface area contributed by atoms with Crippen LogP contribution >= 0.6 is 11.8 Å². The average Bonchev–Trinajstić information content (AvgIpc) is 2.35. The minimum absolute atomic E-state index is 0.494. The van der Waals surface area contributed by atoms with Crippen molar-refractivity contribution in [2.75, 3.05) is 19.4 Å². The summed E-state index contributed by atoms with van der Waals surface area (Å²) in [6.07, 6.45) is 0. The van der Waals surface area contributed by atoms with Gasteiger partial charge in [0.15, 0.2) is 0 Å². The van der Waals surface area contributed by atoms with Crippen LogP contribution in [-0.2, 0) is 4.79 Å². The van der Waals surface area contributed by atoms with Crippen LogP contribution in [0.15, 0.2) is 29.2 Å². The van der Waals surface area contributed by atoms with Gasteiger partial charge in [-0.05, 0) is 31.2 Å². The number of carboxylic acid groups (broad SMARTS) is 1. The van der Waals surface area contributed by atoms with Crippen molar-refractivity contribution in [2.24, 2.45) is 0 Å². The van der Waals surface area contributed by atoms with E-state index in [2.05, 4.69) is 5.32 Å². The molecule has 0 saturated carbocycles. The highest BCUT2D eigenvalue weighted by atomic mass is 32.2. The number of benzene rings is 1. The van der Waals surface area contributed by atoms with Crippen molar-refractivity contribution in [2.45, 2.75) is 17.9 Å². The molecule has 5 heteroatoms. The van der Waals surface area contributed by atoms with E-state index in [1.54, 1.807) is 25.8 Å². The molecule has 0 radical (unpaired) electrons. The highest BCUT2D eigenvalue weighted by Gasteiger charge is 2.08. The number of ether oxygens (including phenoxy) is 1. The van der Waals surface area contributed by atoms with Gasteiger partial charge in [-0.2, -0.15) is 0 Å². The van der Waals surface area contributed by atoms with Gasteiger partial charge < -0.3 is 15.2 Å². The zero-order valence-corrected chi connectivity index (χ0v) is 10.8. The maximum atomic E-state index is 10.6. The van der Waals surface area contributed by atoms with Gasteiger partial charge in [-0.25, -0.2) is 0 Å². The first-order valence-corrected chi connectivity index (χ1v) is 6.35. The normalized spacial score (nSPS) is 12.1. The van der Waals surface area contributed by atoms with Gasteiger partial charge in [0.2, 0.25) is 0 Å².